The van der Waals surface area contributed by atoms with E-state index in [4.69, 9.17) is 15.6 Å². The summed E-state index contributed by atoms with van der Waals surface area (Å²) >= 11 is 0. The number of hydrogen-bond acceptors (Lipinski definition) is 4. The molecule has 1 saturated heterocycles. The summed E-state index contributed by atoms with van der Waals surface area (Å²) in [5, 5.41) is 8.78. The molecule has 1 aliphatic heterocycles. The van der Waals surface area contributed by atoms with Gasteiger partial charge in [-0.1, -0.05) is 24.0 Å². The minimum Gasteiger partial charge on any atom is -0.394 e. The quantitative estimate of drug-likeness (QED) is 0.793. The minimum absolute atomic E-state index is 0.108. The molecule has 0 unspecified atom stereocenters. The molecule has 0 saturated carbocycles. The van der Waals surface area contributed by atoms with Crippen LogP contribution in [0.4, 0.5) is 0 Å². The molecule has 0 amide bonds. The van der Waals surface area contributed by atoms with Crippen molar-refractivity contribution in [1.82, 2.24) is 4.90 Å². The number of benzene rings is 1. The Balaban J connectivity index is 1.83. The molecule has 1 aliphatic rings. The highest BCUT2D eigenvalue weighted by molar-refractivity contribution is 5.37. The van der Waals surface area contributed by atoms with Crippen LogP contribution in [0.2, 0.25) is 0 Å². The second-order valence-corrected chi connectivity index (χ2v) is 5.28. The average Bonchev–Trinajstić information content (AvgIpc) is 2.53. The van der Waals surface area contributed by atoms with Gasteiger partial charge >= 0.3 is 0 Å². The van der Waals surface area contributed by atoms with E-state index in [1.807, 2.05) is 12.1 Å². The monoisotopic (exact) mass is 288 g/mol. The van der Waals surface area contributed by atoms with Crippen LogP contribution in [0, 0.1) is 11.8 Å². The predicted octanol–water partition coefficient (Wildman–Crippen LogP) is 0.970. The van der Waals surface area contributed by atoms with Gasteiger partial charge in [-0.2, -0.15) is 0 Å². The van der Waals surface area contributed by atoms with Crippen molar-refractivity contribution in [3.8, 4) is 11.8 Å². The van der Waals surface area contributed by atoms with Gasteiger partial charge in [-0.05, 0) is 30.5 Å². The molecular weight excluding hydrogens is 264 g/mol. The smallest absolute Gasteiger partial charge is 0.0701 e. The molecule has 0 bridgehead atoms. The maximum Gasteiger partial charge on any atom is 0.0701 e. The number of piperidine rings is 1. The Bertz CT molecular complexity index is 485. The van der Waals surface area contributed by atoms with E-state index in [0.717, 1.165) is 38.0 Å². The van der Waals surface area contributed by atoms with E-state index in [9.17, 15) is 0 Å². The van der Waals surface area contributed by atoms with Gasteiger partial charge < -0.3 is 15.6 Å². The van der Waals surface area contributed by atoms with Crippen LogP contribution in [-0.4, -0.2) is 49.0 Å². The maximum absolute atomic E-state index is 8.78. The summed E-state index contributed by atoms with van der Waals surface area (Å²) in [5.74, 6) is 5.96. The van der Waals surface area contributed by atoms with E-state index in [1.54, 1.807) is 0 Å². The SMILES string of the molecule is NCC#Cc1cccc(CN2CCC(OCCO)CC2)c1. The molecule has 3 N–H and O–H groups in total. The molecule has 1 heterocycles. The summed E-state index contributed by atoms with van der Waals surface area (Å²) in [5.41, 5.74) is 7.71. The van der Waals surface area contributed by atoms with E-state index in [1.165, 1.54) is 5.56 Å². The third-order valence-corrected chi connectivity index (χ3v) is 3.65. The molecule has 4 nitrogen and oxygen atoms in total. The van der Waals surface area contributed by atoms with Gasteiger partial charge in [0, 0.05) is 25.2 Å². The molecule has 21 heavy (non-hydrogen) atoms. The van der Waals surface area contributed by atoms with E-state index in [-0.39, 0.29) is 6.61 Å². The second-order valence-electron chi connectivity index (χ2n) is 5.28. The zero-order chi connectivity index (χ0) is 14.9. The summed E-state index contributed by atoms with van der Waals surface area (Å²) < 4.78 is 5.59. The summed E-state index contributed by atoms with van der Waals surface area (Å²) in [6.45, 7) is 3.98. The average molecular weight is 288 g/mol. The third kappa shape index (κ3) is 5.49. The Labute approximate surface area is 126 Å². The van der Waals surface area contributed by atoms with Crippen LogP contribution < -0.4 is 5.73 Å². The lowest BCUT2D eigenvalue weighted by Crippen LogP contribution is -2.36. The zero-order valence-corrected chi connectivity index (χ0v) is 12.4. The fraction of sp³-hybridized carbons (Fsp3) is 0.529. The first kappa shape index (κ1) is 16.0. The standard InChI is InChI=1S/C17H24N2O2/c18-8-2-5-15-3-1-4-16(13-15)14-19-9-6-17(7-10-19)21-12-11-20/h1,3-4,13,17,20H,6-12,14,18H2. The molecule has 1 aromatic rings. The molecule has 0 aromatic heterocycles. The van der Waals surface area contributed by atoms with Crippen LogP contribution in [0.1, 0.15) is 24.0 Å². The van der Waals surface area contributed by atoms with Crippen LogP contribution in [0.15, 0.2) is 24.3 Å². The van der Waals surface area contributed by atoms with Crippen LogP contribution in [0.25, 0.3) is 0 Å². The van der Waals surface area contributed by atoms with Gasteiger partial charge in [-0.15, -0.1) is 0 Å². The number of likely N-dealkylation sites (tertiary alicyclic amines) is 1. The van der Waals surface area contributed by atoms with E-state index in [2.05, 4.69) is 28.9 Å². The Morgan fingerprint density at radius 1 is 1.33 bits per heavy atom. The second kappa shape index (κ2) is 8.81. The molecule has 1 fully saturated rings. The molecule has 0 radical (unpaired) electrons. The summed E-state index contributed by atoms with van der Waals surface area (Å²) in [4.78, 5) is 2.44. The lowest BCUT2D eigenvalue weighted by molar-refractivity contribution is -0.00901. The first-order chi connectivity index (χ1) is 10.3. The lowest BCUT2D eigenvalue weighted by atomic mass is 10.1. The van der Waals surface area contributed by atoms with Crippen LogP contribution in [0.3, 0.4) is 0 Å². The molecule has 0 aliphatic carbocycles. The number of rotatable bonds is 5. The molecule has 0 atom stereocenters. The first-order valence-electron chi connectivity index (χ1n) is 7.54. The molecule has 0 spiro atoms. The largest absolute Gasteiger partial charge is 0.394 e. The molecular formula is C17H24N2O2. The first-order valence-corrected chi connectivity index (χ1v) is 7.54. The third-order valence-electron chi connectivity index (χ3n) is 3.65. The summed E-state index contributed by atoms with van der Waals surface area (Å²) in [6, 6.07) is 8.34. The molecule has 4 heteroatoms. The predicted molar refractivity (Wildman–Crippen MR) is 83.7 cm³/mol. The van der Waals surface area contributed by atoms with Gasteiger partial charge in [0.1, 0.15) is 0 Å². The highest BCUT2D eigenvalue weighted by atomic mass is 16.5. The number of ether oxygens (including phenoxy) is 1. The molecule has 114 valence electrons. The van der Waals surface area contributed by atoms with Crippen molar-refractivity contribution < 1.29 is 9.84 Å². The maximum atomic E-state index is 8.78. The zero-order valence-electron chi connectivity index (χ0n) is 12.4. The Morgan fingerprint density at radius 3 is 2.86 bits per heavy atom. The number of aliphatic hydroxyl groups is 1. The van der Waals surface area contributed by atoms with Crippen molar-refractivity contribution in [2.75, 3.05) is 32.8 Å². The van der Waals surface area contributed by atoms with Gasteiger partial charge in [0.2, 0.25) is 0 Å². The van der Waals surface area contributed by atoms with Gasteiger partial charge in [0.15, 0.2) is 0 Å². The van der Waals surface area contributed by atoms with Gasteiger partial charge in [-0.25, -0.2) is 0 Å². The van der Waals surface area contributed by atoms with E-state index >= 15 is 0 Å². The van der Waals surface area contributed by atoms with Gasteiger partial charge in [0.25, 0.3) is 0 Å². The van der Waals surface area contributed by atoms with Gasteiger partial charge in [-0.3, -0.25) is 4.90 Å². The summed E-state index contributed by atoms with van der Waals surface area (Å²) in [6.07, 6.45) is 2.37. The highest BCUT2D eigenvalue weighted by Crippen LogP contribution is 2.16. The summed E-state index contributed by atoms with van der Waals surface area (Å²) in [7, 11) is 0. The van der Waals surface area contributed by atoms with Crippen LogP contribution in [-0.2, 0) is 11.3 Å². The molecule has 1 aromatic carbocycles. The number of nitrogens with zero attached hydrogens (tertiary/aromatic N) is 1. The number of nitrogens with two attached hydrogens (primary N) is 1. The fourth-order valence-electron chi connectivity index (χ4n) is 2.61. The lowest BCUT2D eigenvalue weighted by Gasteiger charge is -2.31. The van der Waals surface area contributed by atoms with Crippen molar-refractivity contribution in [3.05, 3.63) is 35.4 Å². The minimum atomic E-state index is 0.108. The fourth-order valence-corrected chi connectivity index (χ4v) is 2.61. The topological polar surface area (TPSA) is 58.7 Å². The van der Waals surface area contributed by atoms with Gasteiger partial charge in [0.05, 0.1) is 25.9 Å². The van der Waals surface area contributed by atoms with E-state index < -0.39 is 0 Å². The van der Waals surface area contributed by atoms with E-state index in [0.29, 0.717) is 19.3 Å². The van der Waals surface area contributed by atoms with Crippen molar-refractivity contribution in [2.45, 2.75) is 25.5 Å². The number of hydrogen-bond donors (Lipinski definition) is 2. The van der Waals surface area contributed by atoms with Crippen molar-refractivity contribution >= 4 is 0 Å². The van der Waals surface area contributed by atoms with Crippen molar-refractivity contribution in [3.63, 3.8) is 0 Å². The highest BCUT2D eigenvalue weighted by Gasteiger charge is 2.19. The number of aliphatic hydroxyl groups excluding tert-OH is 1. The molecule has 2 rings (SSSR count). The Kier molecular flexibility index (Phi) is 6.71. The van der Waals surface area contributed by atoms with Crippen LogP contribution in [0.5, 0.6) is 0 Å². The van der Waals surface area contributed by atoms with Crippen molar-refractivity contribution in [1.29, 1.82) is 0 Å². The normalized spacial score (nSPS) is 16.5. The van der Waals surface area contributed by atoms with Crippen molar-refractivity contribution in [2.24, 2.45) is 5.73 Å². The van der Waals surface area contributed by atoms with Crippen LogP contribution >= 0.6 is 0 Å². The Hall–Kier alpha value is -1.38. The Morgan fingerprint density at radius 2 is 2.14 bits per heavy atom.